The molecule has 1 saturated carbocycles. The third-order valence-electron chi connectivity index (χ3n) is 5.90. The van der Waals surface area contributed by atoms with Crippen LogP contribution in [0.15, 0.2) is 47.5 Å². The van der Waals surface area contributed by atoms with Gasteiger partial charge >= 0.3 is 0 Å². The molecule has 150 valence electrons. The van der Waals surface area contributed by atoms with Crippen molar-refractivity contribution in [2.45, 2.75) is 45.2 Å². The maximum atomic E-state index is 13.6. The molecule has 0 radical (unpaired) electrons. The van der Waals surface area contributed by atoms with Crippen LogP contribution in [-0.2, 0) is 0 Å². The smallest absolute Gasteiger partial charge is 0.260 e. The van der Waals surface area contributed by atoms with Crippen molar-refractivity contribution in [3.8, 4) is 0 Å². The van der Waals surface area contributed by atoms with Gasteiger partial charge in [0.25, 0.3) is 5.91 Å². The number of carbonyl (C=O) groups is 1. The molecule has 0 aromatic heterocycles. The minimum Gasteiger partial charge on any atom is -0.271 e. The Hall–Kier alpha value is -1.75. The first-order valence-corrected chi connectivity index (χ1v) is 11.0. The number of hydrogen-bond acceptors (Lipinski definition) is 3. The largest absolute Gasteiger partial charge is 0.271 e. The molecule has 1 spiro atoms. The van der Waals surface area contributed by atoms with E-state index in [1.165, 1.54) is 0 Å². The molecule has 1 aliphatic heterocycles. The zero-order valence-corrected chi connectivity index (χ0v) is 18.7. The average Bonchev–Trinajstić information content (AvgIpc) is 2.96. The molecule has 1 fully saturated rings. The molecule has 0 unspecified atom stereocenters. The Labute approximate surface area is 186 Å². The number of amides is 1. The maximum Gasteiger partial charge on any atom is 0.260 e. The minimum atomic E-state index is -0.635. The predicted octanol–water partition coefficient (Wildman–Crippen LogP) is 6.48. The number of carbonyl (C=O) groups excluding carboxylic acids is 1. The van der Waals surface area contributed by atoms with Crippen molar-refractivity contribution in [2.24, 2.45) is 10.9 Å². The van der Waals surface area contributed by atoms with Crippen LogP contribution in [-0.4, -0.2) is 27.2 Å². The Balaban J connectivity index is 1.79. The molecule has 0 bridgehead atoms. The van der Waals surface area contributed by atoms with Crippen LogP contribution in [0.5, 0.6) is 0 Å². The number of thiocarbonyl (C=S) groups is 1. The number of aliphatic imine (C=N–C) groups is 1. The lowest BCUT2D eigenvalue weighted by Crippen LogP contribution is -2.51. The summed E-state index contributed by atoms with van der Waals surface area (Å²) in [5.41, 5.74) is 2.42. The van der Waals surface area contributed by atoms with E-state index >= 15 is 0 Å². The first-order chi connectivity index (χ1) is 13.8. The first-order valence-electron chi connectivity index (χ1n) is 9.81. The molecular weight excluding hydrogens is 423 g/mol. The molecule has 2 aromatic rings. The highest BCUT2D eigenvalue weighted by Gasteiger charge is 2.50. The van der Waals surface area contributed by atoms with Crippen molar-refractivity contribution in [1.82, 2.24) is 4.90 Å². The van der Waals surface area contributed by atoms with Crippen LogP contribution < -0.4 is 0 Å². The van der Waals surface area contributed by atoms with Crippen molar-refractivity contribution >= 4 is 52.0 Å². The van der Waals surface area contributed by atoms with Crippen molar-refractivity contribution in [1.29, 1.82) is 0 Å². The number of nitrogens with zero attached hydrogens (tertiary/aromatic N) is 2. The number of hydrogen-bond donors (Lipinski definition) is 0. The summed E-state index contributed by atoms with van der Waals surface area (Å²) in [5, 5.41) is 1.04. The average molecular weight is 445 g/mol. The molecule has 3 nitrogen and oxygen atoms in total. The van der Waals surface area contributed by atoms with Gasteiger partial charge in [-0.1, -0.05) is 60.0 Å². The zero-order valence-electron chi connectivity index (χ0n) is 16.4. The van der Waals surface area contributed by atoms with E-state index in [4.69, 9.17) is 40.4 Å². The SMILES string of the molecule is Cc1ccc(C(=O)N2C(=S)C(c3ccc(Cl)cc3Cl)=NC23CCC(C)CC3)cc1. The standard InChI is InChI=1S/C23H22Cl2N2OS/c1-14-3-5-16(6-4-14)21(28)27-22(29)20(18-8-7-17(24)13-19(18)25)26-23(27)11-9-15(2)10-12-23/h3-8,13,15H,9-12H2,1-2H3. The van der Waals surface area contributed by atoms with Crippen molar-refractivity contribution < 1.29 is 4.79 Å². The summed E-state index contributed by atoms with van der Waals surface area (Å²) >= 11 is 18.3. The van der Waals surface area contributed by atoms with Gasteiger partial charge in [-0.05, 0) is 68.9 Å². The quantitative estimate of drug-likeness (QED) is 0.496. The van der Waals surface area contributed by atoms with Gasteiger partial charge in [0, 0.05) is 16.1 Å². The highest BCUT2D eigenvalue weighted by molar-refractivity contribution is 7.82. The predicted molar refractivity (Wildman–Crippen MR) is 123 cm³/mol. The number of benzene rings is 2. The Morgan fingerprint density at radius 3 is 2.41 bits per heavy atom. The lowest BCUT2D eigenvalue weighted by molar-refractivity contribution is 0.0613. The van der Waals surface area contributed by atoms with Gasteiger partial charge in [-0.25, -0.2) is 0 Å². The molecule has 29 heavy (non-hydrogen) atoms. The van der Waals surface area contributed by atoms with Crippen LogP contribution in [0.25, 0.3) is 0 Å². The molecule has 0 N–H and O–H groups in total. The molecule has 6 heteroatoms. The van der Waals surface area contributed by atoms with Crippen LogP contribution in [0, 0.1) is 12.8 Å². The van der Waals surface area contributed by atoms with E-state index in [0.29, 0.717) is 32.2 Å². The maximum absolute atomic E-state index is 13.6. The minimum absolute atomic E-state index is 0.103. The normalized spacial score (nSPS) is 24.1. The Morgan fingerprint density at radius 2 is 1.79 bits per heavy atom. The Kier molecular flexibility index (Phi) is 5.54. The van der Waals surface area contributed by atoms with E-state index in [1.807, 2.05) is 37.3 Å². The third kappa shape index (κ3) is 3.74. The van der Waals surface area contributed by atoms with E-state index in [-0.39, 0.29) is 5.91 Å². The van der Waals surface area contributed by atoms with E-state index < -0.39 is 5.66 Å². The van der Waals surface area contributed by atoms with E-state index in [9.17, 15) is 4.79 Å². The topological polar surface area (TPSA) is 32.7 Å². The second-order valence-electron chi connectivity index (χ2n) is 8.06. The van der Waals surface area contributed by atoms with Gasteiger partial charge in [0.05, 0.1) is 5.02 Å². The van der Waals surface area contributed by atoms with Crippen LogP contribution in [0.2, 0.25) is 10.0 Å². The van der Waals surface area contributed by atoms with Crippen LogP contribution in [0.4, 0.5) is 0 Å². The van der Waals surface area contributed by atoms with Gasteiger partial charge in [-0.3, -0.25) is 14.7 Å². The van der Waals surface area contributed by atoms with Crippen LogP contribution >= 0.6 is 35.4 Å². The second-order valence-corrected chi connectivity index (χ2v) is 9.29. The Morgan fingerprint density at radius 1 is 1.14 bits per heavy atom. The zero-order chi connectivity index (χ0) is 20.8. The molecule has 2 aliphatic rings. The molecule has 0 saturated heterocycles. The summed E-state index contributed by atoms with van der Waals surface area (Å²) in [6.45, 7) is 4.25. The van der Waals surface area contributed by atoms with Crippen LogP contribution in [0.3, 0.4) is 0 Å². The third-order valence-corrected chi connectivity index (χ3v) is 6.83. The molecule has 1 heterocycles. The first kappa shape index (κ1) is 20.5. The van der Waals surface area contributed by atoms with Gasteiger partial charge in [0.1, 0.15) is 16.4 Å². The summed E-state index contributed by atoms with van der Waals surface area (Å²) in [6.07, 6.45) is 3.60. The van der Waals surface area contributed by atoms with Crippen molar-refractivity contribution in [2.75, 3.05) is 0 Å². The van der Waals surface area contributed by atoms with Gasteiger partial charge < -0.3 is 0 Å². The van der Waals surface area contributed by atoms with Gasteiger partial charge in [0.15, 0.2) is 0 Å². The van der Waals surface area contributed by atoms with Crippen molar-refractivity contribution in [3.05, 3.63) is 69.2 Å². The summed E-state index contributed by atoms with van der Waals surface area (Å²) in [7, 11) is 0. The van der Waals surface area contributed by atoms with E-state index in [1.54, 1.807) is 17.0 Å². The van der Waals surface area contributed by atoms with Gasteiger partial charge in [-0.15, -0.1) is 0 Å². The Bertz CT molecular complexity index is 1010. The monoisotopic (exact) mass is 444 g/mol. The fourth-order valence-corrected chi connectivity index (χ4v) is 5.03. The molecule has 1 aliphatic carbocycles. The number of halogens is 2. The highest BCUT2D eigenvalue weighted by Crippen LogP contribution is 2.43. The second kappa shape index (κ2) is 7.82. The molecular formula is C23H22Cl2N2OS. The fraction of sp³-hybridized carbons (Fsp3) is 0.348. The number of aryl methyl sites for hydroxylation is 1. The van der Waals surface area contributed by atoms with E-state index in [2.05, 4.69) is 6.92 Å². The summed E-state index contributed by atoms with van der Waals surface area (Å²) < 4.78 is 0. The number of rotatable bonds is 2. The molecule has 2 aromatic carbocycles. The van der Waals surface area contributed by atoms with Gasteiger partial charge in [-0.2, -0.15) is 0 Å². The fourth-order valence-electron chi connectivity index (χ4n) is 4.12. The molecule has 1 amide bonds. The summed E-state index contributed by atoms with van der Waals surface area (Å²) in [6, 6.07) is 12.9. The van der Waals surface area contributed by atoms with Crippen LogP contribution in [0.1, 0.15) is 54.1 Å². The summed E-state index contributed by atoms with van der Waals surface area (Å²) in [5.74, 6) is 0.511. The molecule has 0 atom stereocenters. The lowest BCUT2D eigenvalue weighted by atomic mass is 9.82. The summed E-state index contributed by atoms with van der Waals surface area (Å²) in [4.78, 5) is 20.8. The van der Waals surface area contributed by atoms with Gasteiger partial charge in [0.2, 0.25) is 0 Å². The van der Waals surface area contributed by atoms with E-state index in [0.717, 1.165) is 36.8 Å². The molecule has 4 rings (SSSR count). The lowest BCUT2D eigenvalue weighted by Gasteiger charge is -2.40. The van der Waals surface area contributed by atoms with Crippen molar-refractivity contribution in [3.63, 3.8) is 0 Å². The highest BCUT2D eigenvalue weighted by atomic mass is 35.5.